The Morgan fingerprint density at radius 3 is 2.00 bits per heavy atom. The number of carbonyl (C=O) groups is 2. The van der Waals surface area contributed by atoms with E-state index < -0.39 is 28.5 Å². The summed E-state index contributed by atoms with van der Waals surface area (Å²) in [6.45, 7) is 12.1. The summed E-state index contributed by atoms with van der Waals surface area (Å²) in [6.07, 6.45) is 1.08. The first-order chi connectivity index (χ1) is 16.6. The van der Waals surface area contributed by atoms with Gasteiger partial charge in [0.1, 0.15) is 12.6 Å². The Morgan fingerprint density at radius 2 is 1.53 bits per heavy atom. The van der Waals surface area contributed by atoms with Crippen molar-refractivity contribution >= 4 is 43.5 Å². The van der Waals surface area contributed by atoms with E-state index in [1.807, 2.05) is 50.2 Å². The maximum absolute atomic E-state index is 13.6. The van der Waals surface area contributed by atoms with Crippen LogP contribution >= 0.6 is 15.9 Å². The van der Waals surface area contributed by atoms with Crippen molar-refractivity contribution < 1.29 is 18.0 Å². The summed E-state index contributed by atoms with van der Waals surface area (Å²) in [5.41, 5.74) is 2.19. The minimum absolute atomic E-state index is 0.0927. The van der Waals surface area contributed by atoms with Gasteiger partial charge in [-0.2, -0.15) is 0 Å². The van der Waals surface area contributed by atoms with Gasteiger partial charge in [0.2, 0.25) is 21.8 Å². The molecule has 2 rings (SSSR count). The summed E-state index contributed by atoms with van der Waals surface area (Å²) in [7, 11) is -3.76. The molecule has 36 heavy (non-hydrogen) atoms. The number of sulfonamides is 1. The van der Waals surface area contributed by atoms with Crippen molar-refractivity contribution in [2.45, 2.75) is 59.5 Å². The van der Waals surface area contributed by atoms with E-state index in [2.05, 4.69) is 42.0 Å². The Balaban J connectivity index is 2.37. The minimum atomic E-state index is -3.76. The maximum Gasteiger partial charge on any atom is 0.244 e. The van der Waals surface area contributed by atoms with Crippen LogP contribution in [0.2, 0.25) is 0 Å². The number of nitrogens with one attached hydrogen (secondary N) is 1. The zero-order valence-corrected chi connectivity index (χ0v) is 24.6. The summed E-state index contributed by atoms with van der Waals surface area (Å²) in [5.74, 6) is -0.487. The summed E-state index contributed by atoms with van der Waals surface area (Å²) in [4.78, 5) is 27.9. The Bertz CT molecular complexity index is 1140. The molecule has 0 spiro atoms. The van der Waals surface area contributed by atoms with Gasteiger partial charge in [-0.3, -0.25) is 13.9 Å². The normalized spacial score (nSPS) is 12.8. The van der Waals surface area contributed by atoms with Crippen LogP contribution in [0, 0.1) is 5.92 Å². The molecule has 0 aliphatic heterocycles. The lowest BCUT2D eigenvalue weighted by Crippen LogP contribution is -2.51. The maximum atomic E-state index is 13.6. The standard InChI is InChI=1S/C27H38BrN3O4S/c1-19(2)16-29-26(33)20(3)30(17-21-8-12-23(28)13-9-21)25(32)18-31(36(7,34)35)24-14-10-22(11-15-24)27(4,5)6/h8-15,19-20H,16-18H2,1-7H3,(H,29,33). The zero-order valence-electron chi connectivity index (χ0n) is 22.2. The van der Waals surface area contributed by atoms with Crippen LogP contribution in [0.5, 0.6) is 0 Å². The largest absolute Gasteiger partial charge is 0.354 e. The molecule has 1 atom stereocenters. The van der Waals surface area contributed by atoms with Gasteiger partial charge in [0.15, 0.2) is 0 Å². The van der Waals surface area contributed by atoms with Crippen LogP contribution in [0.3, 0.4) is 0 Å². The van der Waals surface area contributed by atoms with Gasteiger partial charge in [0, 0.05) is 17.6 Å². The second-order valence-corrected chi connectivity index (χ2v) is 13.4. The summed E-state index contributed by atoms with van der Waals surface area (Å²) >= 11 is 3.41. The van der Waals surface area contributed by atoms with E-state index in [0.717, 1.165) is 26.2 Å². The molecular weight excluding hydrogens is 542 g/mol. The molecule has 9 heteroatoms. The fraction of sp³-hybridized carbons (Fsp3) is 0.481. The Morgan fingerprint density at radius 1 is 0.972 bits per heavy atom. The number of amides is 2. The fourth-order valence-corrected chi connectivity index (χ4v) is 4.68. The van der Waals surface area contributed by atoms with Gasteiger partial charge >= 0.3 is 0 Å². The molecule has 0 fully saturated rings. The van der Waals surface area contributed by atoms with Crippen molar-refractivity contribution in [3.8, 4) is 0 Å². The van der Waals surface area contributed by atoms with Crippen molar-refractivity contribution in [3.05, 3.63) is 64.1 Å². The van der Waals surface area contributed by atoms with Crippen LogP contribution in [0.1, 0.15) is 52.7 Å². The third-order valence-electron chi connectivity index (χ3n) is 5.82. The second kappa shape index (κ2) is 12.2. The number of anilines is 1. The highest BCUT2D eigenvalue weighted by Gasteiger charge is 2.30. The van der Waals surface area contributed by atoms with Crippen LogP contribution in [0.15, 0.2) is 53.0 Å². The number of nitrogens with zero attached hydrogens (tertiary/aromatic N) is 2. The quantitative estimate of drug-likeness (QED) is 0.442. The monoisotopic (exact) mass is 579 g/mol. The molecule has 0 bridgehead atoms. The number of benzene rings is 2. The molecule has 2 aromatic carbocycles. The average Bonchev–Trinajstić information content (AvgIpc) is 2.78. The van der Waals surface area contributed by atoms with Crippen LogP contribution in [0.25, 0.3) is 0 Å². The number of hydrogen-bond acceptors (Lipinski definition) is 4. The number of rotatable bonds is 10. The molecule has 2 amide bonds. The first kappa shape index (κ1) is 29.8. The molecule has 1 N–H and O–H groups in total. The highest BCUT2D eigenvalue weighted by molar-refractivity contribution is 9.10. The molecule has 2 aromatic rings. The molecule has 0 aromatic heterocycles. The van der Waals surface area contributed by atoms with E-state index in [0.29, 0.717) is 12.2 Å². The van der Waals surface area contributed by atoms with Crippen LogP contribution in [-0.4, -0.2) is 50.5 Å². The molecule has 1 unspecified atom stereocenters. The highest BCUT2D eigenvalue weighted by Crippen LogP contribution is 2.26. The SMILES string of the molecule is CC(C)CNC(=O)C(C)N(Cc1ccc(Br)cc1)C(=O)CN(c1ccc(C(C)(C)C)cc1)S(C)(=O)=O. The first-order valence-electron chi connectivity index (χ1n) is 12.0. The molecule has 0 aliphatic carbocycles. The lowest BCUT2D eigenvalue weighted by atomic mass is 9.87. The first-order valence-corrected chi connectivity index (χ1v) is 14.6. The molecule has 0 saturated heterocycles. The molecule has 0 aliphatic rings. The van der Waals surface area contributed by atoms with Crippen LogP contribution < -0.4 is 9.62 Å². The van der Waals surface area contributed by atoms with Crippen molar-refractivity contribution in [1.29, 1.82) is 0 Å². The smallest absolute Gasteiger partial charge is 0.244 e. The molecular formula is C27H38BrN3O4S. The summed E-state index contributed by atoms with van der Waals surface area (Å²) in [5, 5.41) is 2.88. The molecule has 0 radical (unpaired) electrons. The molecule has 0 heterocycles. The number of hydrogen-bond donors (Lipinski definition) is 1. The number of carbonyl (C=O) groups excluding carboxylic acids is 2. The van der Waals surface area contributed by atoms with E-state index in [9.17, 15) is 18.0 Å². The topological polar surface area (TPSA) is 86.8 Å². The summed E-state index contributed by atoms with van der Waals surface area (Å²) in [6, 6.07) is 13.8. The van der Waals surface area contributed by atoms with Gasteiger partial charge in [-0.15, -0.1) is 0 Å². The average molecular weight is 581 g/mol. The lowest BCUT2D eigenvalue weighted by molar-refractivity contribution is -0.139. The third-order valence-corrected chi connectivity index (χ3v) is 7.49. The third kappa shape index (κ3) is 8.62. The minimum Gasteiger partial charge on any atom is -0.354 e. The Hall–Kier alpha value is -2.39. The van der Waals surface area contributed by atoms with Crippen LogP contribution in [0.4, 0.5) is 5.69 Å². The number of halogens is 1. The zero-order chi connectivity index (χ0) is 27.3. The summed E-state index contributed by atoms with van der Waals surface area (Å²) < 4.78 is 27.4. The van der Waals surface area contributed by atoms with Gasteiger partial charge in [-0.25, -0.2) is 8.42 Å². The van der Waals surface area contributed by atoms with E-state index in [4.69, 9.17) is 0 Å². The van der Waals surface area contributed by atoms with Crippen molar-refractivity contribution in [2.75, 3.05) is 23.7 Å². The second-order valence-electron chi connectivity index (χ2n) is 10.5. The molecule has 7 nitrogen and oxygen atoms in total. The van der Waals surface area contributed by atoms with E-state index in [1.54, 1.807) is 19.1 Å². The fourth-order valence-electron chi connectivity index (χ4n) is 3.56. The van der Waals surface area contributed by atoms with Crippen molar-refractivity contribution in [3.63, 3.8) is 0 Å². The highest BCUT2D eigenvalue weighted by atomic mass is 79.9. The molecule has 0 saturated carbocycles. The van der Waals surface area contributed by atoms with Gasteiger partial charge in [0.25, 0.3) is 0 Å². The van der Waals surface area contributed by atoms with Crippen LogP contribution in [-0.2, 0) is 31.6 Å². The van der Waals surface area contributed by atoms with Gasteiger partial charge in [-0.05, 0) is 53.6 Å². The van der Waals surface area contributed by atoms with Gasteiger partial charge in [-0.1, -0.05) is 74.8 Å². The predicted octanol–water partition coefficient (Wildman–Crippen LogP) is 4.70. The predicted molar refractivity (Wildman–Crippen MR) is 149 cm³/mol. The van der Waals surface area contributed by atoms with Crippen molar-refractivity contribution in [2.24, 2.45) is 5.92 Å². The van der Waals surface area contributed by atoms with Crippen molar-refractivity contribution in [1.82, 2.24) is 10.2 Å². The van der Waals surface area contributed by atoms with E-state index in [1.165, 1.54) is 4.90 Å². The van der Waals surface area contributed by atoms with Gasteiger partial charge in [0.05, 0.1) is 11.9 Å². The molecule has 198 valence electrons. The van der Waals surface area contributed by atoms with E-state index >= 15 is 0 Å². The Labute approximate surface area is 224 Å². The lowest BCUT2D eigenvalue weighted by Gasteiger charge is -2.32. The van der Waals surface area contributed by atoms with E-state index in [-0.39, 0.29) is 23.8 Å². The Kier molecular flexibility index (Phi) is 10.1. The van der Waals surface area contributed by atoms with Gasteiger partial charge < -0.3 is 10.2 Å².